The Balaban J connectivity index is 0.000000612. The fourth-order valence-electron chi connectivity index (χ4n) is 1.73. The van der Waals surface area contributed by atoms with Crippen molar-refractivity contribution in [2.75, 3.05) is 6.61 Å². The highest BCUT2D eigenvalue weighted by atomic mass is 35.5. The monoisotopic (exact) mass is 298 g/mol. The molecule has 1 aromatic rings. The first-order valence-electron chi connectivity index (χ1n) is 6.98. The van der Waals surface area contributed by atoms with Crippen molar-refractivity contribution in [1.29, 1.82) is 0 Å². The topological polar surface area (TPSA) is 64.3 Å². The number of nitrogens with two attached hydrogens (primary N) is 1. The molecule has 112 valence electrons. The van der Waals surface area contributed by atoms with Gasteiger partial charge >= 0.3 is 0 Å². The Morgan fingerprint density at radius 3 is 2.40 bits per heavy atom. The second-order valence-corrected chi connectivity index (χ2v) is 5.38. The maximum Gasteiger partial charge on any atom is 0.258 e. The van der Waals surface area contributed by atoms with E-state index in [9.17, 15) is 4.79 Å². The Bertz CT molecular complexity index is 403. The van der Waals surface area contributed by atoms with Gasteiger partial charge in [0.2, 0.25) is 0 Å². The van der Waals surface area contributed by atoms with Gasteiger partial charge in [0.1, 0.15) is 5.75 Å². The third-order valence-corrected chi connectivity index (χ3v) is 2.98. The molecule has 0 unspecified atom stereocenters. The molecule has 1 aromatic carbocycles. The van der Waals surface area contributed by atoms with Crippen LogP contribution in [0.2, 0.25) is 5.02 Å². The van der Waals surface area contributed by atoms with Crippen LogP contribution in [0, 0.1) is 0 Å². The molecule has 1 fully saturated rings. The second-order valence-electron chi connectivity index (χ2n) is 4.95. The Kier molecular flexibility index (Phi) is 7.41. The Morgan fingerprint density at radius 1 is 1.35 bits per heavy atom. The molecule has 0 aromatic heterocycles. The summed E-state index contributed by atoms with van der Waals surface area (Å²) in [5.74, 6) is 0.520. The second kappa shape index (κ2) is 8.82. The zero-order valence-corrected chi connectivity index (χ0v) is 12.8. The largest absolute Gasteiger partial charge is 0.484 e. The standard InChI is InChI=1S/C12H15ClN2O2.C3H8/c13-8-1-3-11(4-2-8)17-7-12(16)15-10-5-9(14)6-10;1-3-2/h1-4,9-10H,5-7,14H2,(H,15,16);3H2,1-2H3. The fraction of sp³-hybridized carbons (Fsp3) is 0.533. The first-order chi connectivity index (χ1) is 9.55. The van der Waals surface area contributed by atoms with Crippen molar-refractivity contribution in [2.24, 2.45) is 5.73 Å². The van der Waals surface area contributed by atoms with Gasteiger partial charge < -0.3 is 15.8 Å². The molecule has 1 amide bonds. The van der Waals surface area contributed by atoms with Crippen LogP contribution in [-0.2, 0) is 4.79 Å². The van der Waals surface area contributed by atoms with E-state index in [2.05, 4.69) is 19.2 Å². The van der Waals surface area contributed by atoms with Gasteiger partial charge in [-0.3, -0.25) is 4.79 Å². The fourth-order valence-corrected chi connectivity index (χ4v) is 1.85. The minimum absolute atomic E-state index is 0.0212. The molecule has 1 aliphatic rings. The van der Waals surface area contributed by atoms with E-state index in [1.54, 1.807) is 24.3 Å². The Hall–Kier alpha value is -1.26. The maximum absolute atomic E-state index is 11.5. The molecule has 5 heteroatoms. The number of hydrogen-bond acceptors (Lipinski definition) is 3. The van der Waals surface area contributed by atoms with E-state index in [1.165, 1.54) is 6.42 Å². The summed E-state index contributed by atoms with van der Waals surface area (Å²) in [6, 6.07) is 7.35. The van der Waals surface area contributed by atoms with Crippen molar-refractivity contribution < 1.29 is 9.53 Å². The lowest BCUT2D eigenvalue weighted by Gasteiger charge is -2.32. The van der Waals surface area contributed by atoms with Crippen LogP contribution >= 0.6 is 11.6 Å². The molecule has 2 rings (SSSR count). The molecular formula is C15H23ClN2O2. The molecular weight excluding hydrogens is 276 g/mol. The molecule has 0 bridgehead atoms. The lowest BCUT2D eigenvalue weighted by molar-refractivity contribution is -0.124. The molecule has 0 spiro atoms. The summed E-state index contributed by atoms with van der Waals surface area (Å²) in [4.78, 5) is 11.5. The van der Waals surface area contributed by atoms with Gasteiger partial charge in [0.25, 0.3) is 5.91 Å². The summed E-state index contributed by atoms with van der Waals surface area (Å²) in [7, 11) is 0. The predicted molar refractivity (Wildman–Crippen MR) is 82.1 cm³/mol. The van der Waals surface area contributed by atoms with Crippen molar-refractivity contribution in [3.05, 3.63) is 29.3 Å². The van der Waals surface area contributed by atoms with Gasteiger partial charge in [0, 0.05) is 17.1 Å². The number of amides is 1. The lowest BCUT2D eigenvalue weighted by atomic mass is 9.88. The molecule has 0 radical (unpaired) electrons. The molecule has 0 saturated heterocycles. The van der Waals surface area contributed by atoms with Crippen LogP contribution in [0.4, 0.5) is 0 Å². The van der Waals surface area contributed by atoms with Crippen molar-refractivity contribution in [1.82, 2.24) is 5.32 Å². The van der Waals surface area contributed by atoms with Gasteiger partial charge in [-0.1, -0.05) is 31.9 Å². The average Bonchev–Trinajstić information content (AvgIpc) is 2.37. The summed E-state index contributed by atoms with van der Waals surface area (Å²) in [5, 5.41) is 3.50. The average molecular weight is 299 g/mol. The van der Waals surface area contributed by atoms with Gasteiger partial charge in [0.15, 0.2) is 6.61 Å². The summed E-state index contributed by atoms with van der Waals surface area (Å²) in [6.45, 7) is 4.27. The summed E-state index contributed by atoms with van der Waals surface area (Å²) in [6.07, 6.45) is 2.96. The van der Waals surface area contributed by atoms with Crippen molar-refractivity contribution in [3.8, 4) is 5.75 Å². The molecule has 4 nitrogen and oxygen atoms in total. The van der Waals surface area contributed by atoms with Crippen LogP contribution in [-0.4, -0.2) is 24.6 Å². The zero-order valence-electron chi connectivity index (χ0n) is 12.1. The van der Waals surface area contributed by atoms with E-state index in [0.29, 0.717) is 10.8 Å². The number of rotatable bonds is 4. The van der Waals surface area contributed by atoms with Crippen molar-refractivity contribution >= 4 is 17.5 Å². The van der Waals surface area contributed by atoms with Crippen LogP contribution in [0.1, 0.15) is 33.1 Å². The van der Waals surface area contributed by atoms with Gasteiger partial charge in [-0.25, -0.2) is 0 Å². The van der Waals surface area contributed by atoms with Crippen molar-refractivity contribution in [2.45, 2.75) is 45.2 Å². The number of ether oxygens (including phenoxy) is 1. The van der Waals surface area contributed by atoms with E-state index >= 15 is 0 Å². The zero-order chi connectivity index (χ0) is 15.0. The number of hydrogen-bond donors (Lipinski definition) is 2. The number of carbonyl (C=O) groups excluding carboxylic acids is 1. The maximum atomic E-state index is 11.5. The summed E-state index contributed by atoms with van der Waals surface area (Å²) < 4.78 is 5.32. The van der Waals surface area contributed by atoms with E-state index in [-0.39, 0.29) is 24.6 Å². The number of nitrogens with one attached hydrogen (secondary N) is 1. The highest BCUT2D eigenvalue weighted by Crippen LogP contribution is 2.17. The smallest absolute Gasteiger partial charge is 0.258 e. The Morgan fingerprint density at radius 2 is 1.90 bits per heavy atom. The lowest BCUT2D eigenvalue weighted by Crippen LogP contribution is -2.51. The third kappa shape index (κ3) is 6.26. The first kappa shape index (κ1) is 16.8. The van der Waals surface area contributed by atoms with Gasteiger partial charge in [0.05, 0.1) is 0 Å². The predicted octanol–water partition coefficient (Wildman–Crippen LogP) is 2.74. The molecule has 3 N–H and O–H groups in total. The molecule has 1 aliphatic carbocycles. The summed E-state index contributed by atoms with van der Waals surface area (Å²) >= 11 is 5.74. The van der Waals surface area contributed by atoms with E-state index < -0.39 is 0 Å². The number of halogens is 1. The summed E-state index contributed by atoms with van der Waals surface area (Å²) in [5.41, 5.74) is 5.63. The van der Waals surface area contributed by atoms with Crippen molar-refractivity contribution in [3.63, 3.8) is 0 Å². The van der Waals surface area contributed by atoms with Gasteiger partial charge in [-0.15, -0.1) is 0 Å². The third-order valence-electron chi connectivity index (χ3n) is 2.72. The molecule has 0 atom stereocenters. The van der Waals surface area contributed by atoms with Crippen LogP contribution in [0.5, 0.6) is 5.75 Å². The molecule has 0 heterocycles. The number of carbonyl (C=O) groups is 1. The van der Waals surface area contributed by atoms with Crippen LogP contribution in [0.3, 0.4) is 0 Å². The molecule has 20 heavy (non-hydrogen) atoms. The number of benzene rings is 1. The van der Waals surface area contributed by atoms with E-state index in [0.717, 1.165) is 12.8 Å². The molecule has 1 saturated carbocycles. The first-order valence-corrected chi connectivity index (χ1v) is 7.36. The normalized spacial score (nSPS) is 20.2. The van der Waals surface area contributed by atoms with E-state index in [1.807, 2.05) is 0 Å². The highest BCUT2D eigenvalue weighted by molar-refractivity contribution is 6.30. The Labute approximate surface area is 125 Å². The minimum atomic E-state index is -0.114. The quantitative estimate of drug-likeness (QED) is 0.898. The van der Waals surface area contributed by atoms with Crippen LogP contribution in [0.25, 0.3) is 0 Å². The SMILES string of the molecule is CCC.NC1CC(NC(=O)COc2ccc(Cl)cc2)C1. The van der Waals surface area contributed by atoms with Crippen LogP contribution < -0.4 is 15.8 Å². The van der Waals surface area contributed by atoms with E-state index in [4.69, 9.17) is 22.1 Å². The highest BCUT2D eigenvalue weighted by Gasteiger charge is 2.26. The van der Waals surface area contributed by atoms with Gasteiger partial charge in [-0.2, -0.15) is 0 Å². The minimum Gasteiger partial charge on any atom is -0.484 e. The van der Waals surface area contributed by atoms with Gasteiger partial charge in [-0.05, 0) is 37.1 Å². The molecule has 0 aliphatic heterocycles. The van der Waals surface area contributed by atoms with Crippen LogP contribution in [0.15, 0.2) is 24.3 Å².